The van der Waals surface area contributed by atoms with Crippen molar-refractivity contribution in [1.29, 1.82) is 0 Å². The molecular formula is C11H16BrNO2S2. The molecule has 0 bridgehead atoms. The summed E-state index contributed by atoms with van der Waals surface area (Å²) in [5, 5.41) is 0. The van der Waals surface area contributed by atoms with E-state index in [4.69, 9.17) is 0 Å². The van der Waals surface area contributed by atoms with Gasteiger partial charge in [0.25, 0.3) is 10.0 Å². The lowest BCUT2D eigenvalue weighted by molar-refractivity contribution is 0.407. The zero-order valence-electron chi connectivity index (χ0n) is 10.1. The summed E-state index contributed by atoms with van der Waals surface area (Å²) in [4.78, 5) is 0. The van der Waals surface area contributed by atoms with Crippen LogP contribution < -0.4 is 0 Å². The van der Waals surface area contributed by atoms with Gasteiger partial charge in [-0.1, -0.05) is 6.92 Å². The molecule has 1 fully saturated rings. The predicted octanol–water partition coefficient (Wildman–Crippen LogP) is 3.24. The van der Waals surface area contributed by atoms with E-state index in [2.05, 4.69) is 22.9 Å². The summed E-state index contributed by atoms with van der Waals surface area (Å²) >= 11 is 4.68. The lowest BCUT2D eigenvalue weighted by atomic mass is 10.1. The third kappa shape index (κ3) is 2.45. The highest BCUT2D eigenvalue weighted by Gasteiger charge is 2.36. The number of halogens is 1. The summed E-state index contributed by atoms with van der Waals surface area (Å²) in [5.74, 6) is 0.448. The average Bonchev–Trinajstić information content (AvgIpc) is 2.72. The molecule has 96 valence electrons. The Labute approximate surface area is 115 Å². The van der Waals surface area contributed by atoms with E-state index in [-0.39, 0.29) is 6.04 Å². The highest BCUT2D eigenvalue weighted by molar-refractivity contribution is 9.11. The number of hydrogen-bond donors (Lipinski definition) is 0. The first-order chi connectivity index (χ1) is 7.82. The molecule has 1 aromatic heterocycles. The van der Waals surface area contributed by atoms with Crippen LogP contribution in [0.1, 0.15) is 25.8 Å². The van der Waals surface area contributed by atoms with Gasteiger partial charge in [-0.2, -0.15) is 4.31 Å². The van der Waals surface area contributed by atoms with Gasteiger partial charge in [0.15, 0.2) is 0 Å². The quantitative estimate of drug-likeness (QED) is 0.830. The van der Waals surface area contributed by atoms with Crippen molar-refractivity contribution in [1.82, 2.24) is 4.31 Å². The number of nitrogens with zero attached hydrogens (tertiary/aromatic N) is 1. The van der Waals surface area contributed by atoms with Crippen LogP contribution in [0.3, 0.4) is 0 Å². The Morgan fingerprint density at radius 1 is 1.47 bits per heavy atom. The second-order valence-electron chi connectivity index (χ2n) is 4.79. The van der Waals surface area contributed by atoms with E-state index in [0.29, 0.717) is 16.7 Å². The standard InChI is InChI=1S/C11H16BrNO2S2/c1-7-4-9(3)13(6-7)17(14,15)10-5-8(2)11(12)16-10/h5,7,9H,4,6H2,1-3H3. The Morgan fingerprint density at radius 3 is 2.53 bits per heavy atom. The van der Waals surface area contributed by atoms with Gasteiger partial charge in [-0.25, -0.2) is 8.42 Å². The Morgan fingerprint density at radius 2 is 2.12 bits per heavy atom. The van der Waals surface area contributed by atoms with E-state index in [1.54, 1.807) is 10.4 Å². The van der Waals surface area contributed by atoms with Crippen LogP contribution in [-0.4, -0.2) is 25.3 Å². The van der Waals surface area contributed by atoms with Crippen molar-refractivity contribution in [2.45, 2.75) is 37.4 Å². The fourth-order valence-corrected chi connectivity index (χ4v) is 6.39. The Bertz CT molecular complexity index is 504. The molecule has 2 atom stereocenters. The zero-order valence-corrected chi connectivity index (χ0v) is 13.3. The maximum atomic E-state index is 12.5. The predicted molar refractivity (Wildman–Crippen MR) is 73.9 cm³/mol. The molecule has 1 aliphatic heterocycles. The van der Waals surface area contributed by atoms with Gasteiger partial charge in [0.05, 0.1) is 3.79 Å². The normalized spacial score (nSPS) is 26.6. The minimum Gasteiger partial charge on any atom is -0.206 e. The van der Waals surface area contributed by atoms with Gasteiger partial charge in [-0.3, -0.25) is 0 Å². The van der Waals surface area contributed by atoms with Crippen molar-refractivity contribution in [2.75, 3.05) is 6.54 Å². The third-order valence-electron chi connectivity index (χ3n) is 3.12. The van der Waals surface area contributed by atoms with Gasteiger partial charge in [-0.05, 0) is 53.7 Å². The van der Waals surface area contributed by atoms with Crippen molar-refractivity contribution >= 4 is 37.3 Å². The van der Waals surface area contributed by atoms with Crippen LogP contribution >= 0.6 is 27.3 Å². The Balaban J connectivity index is 2.37. The number of sulfonamides is 1. The van der Waals surface area contributed by atoms with E-state index in [0.717, 1.165) is 15.8 Å². The van der Waals surface area contributed by atoms with E-state index in [9.17, 15) is 8.42 Å². The molecule has 0 aliphatic carbocycles. The molecule has 6 heteroatoms. The van der Waals surface area contributed by atoms with Gasteiger partial charge in [0.1, 0.15) is 4.21 Å². The average molecular weight is 338 g/mol. The van der Waals surface area contributed by atoms with Crippen molar-refractivity contribution in [3.05, 3.63) is 15.4 Å². The summed E-state index contributed by atoms with van der Waals surface area (Å²) in [6.45, 7) is 6.63. The second-order valence-corrected chi connectivity index (χ2v) is 9.27. The van der Waals surface area contributed by atoms with E-state index in [1.807, 2.05) is 13.8 Å². The van der Waals surface area contributed by atoms with Crippen LogP contribution in [0.4, 0.5) is 0 Å². The van der Waals surface area contributed by atoms with Gasteiger partial charge < -0.3 is 0 Å². The number of aryl methyl sites for hydroxylation is 1. The van der Waals surface area contributed by atoms with Crippen LogP contribution in [0, 0.1) is 12.8 Å². The molecule has 2 heterocycles. The second kappa shape index (κ2) is 4.64. The highest BCUT2D eigenvalue weighted by atomic mass is 79.9. The maximum absolute atomic E-state index is 12.5. The SMILES string of the molecule is Cc1cc(S(=O)(=O)N2CC(C)CC2C)sc1Br. The van der Waals surface area contributed by atoms with Crippen LogP contribution in [0.15, 0.2) is 14.1 Å². The van der Waals surface area contributed by atoms with E-state index < -0.39 is 10.0 Å². The van der Waals surface area contributed by atoms with Gasteiger partial charge in [0, 0.05) is 12.6 Å². The largest absolute Gasteiger partial charge is 0.252 e. The Hall–Kier alpha value is 0.0900. The zero-order chi connectivity index (χ0) is 12.8. The molecule has 17 heavy (non-hydrogen) atoms. The minimum absolute atomic E-state index is 0.108. The maximum Gasteiger partial charge on any atom is 0.252 e. The molecule has 0 amide bonds. The van der Waals surface area contributed by atoms with Crippen LogP contribution in [0.2, 0.25) is 0 Å². The lowest BCUT2D eigenvalue weighted by Gasteiger charge is -2.19. The molecule has 0 radical (unpaired) electrons. The molecule has 0 N–H and O–H groups in total. The summed E-state index contributed by atoms with van der Waals surface area (Å²) < 4.78 is 27.9. The molecule has 0 saturated carbocycles. The molecule has 1 aromatic rings. The number of thiophene rings is 1. The summed E-state index contributed by atoms with van der Waals surface area (Å²) in [6.07, 6.45) is 0.949. The third-order valence-corrected chi connectivity index (χ3v) is 7.69. The first-order valence-electron chi connectivity index (χ1n) is 5.60. The first kappa shape index (κ1) is 13.5. The molecule has 0 aromatic carbocycles. The van der Waals surface area contributed by atoms with Crippen molar-refractivity contribution in [2.24, 2.45) is 5.92 Å². The fourth-order valence-electron chi connectivity index (χ4n) is 2.27. The van der Waals surface area contributed by atoms with Gasteiger partial charge in [-0.15, -0.1) is 11.3 Å². The van der Waals surface area contributed by atoms with E-state index >= 15 is 0 Å². The molecule has 1 saturated heterocycles. The van der Waals surface area contributed by atoms with Gasteiger partial charge in [0.2, 0.25) is 0 Å². The highest BCUT2D eigenvalue weighted by Crippen LogP contribution is 2.35. The number of hydrogen-bond acceptors (Lipinski definition) is 3. The smallest absolute Gasteiger partial charge is 0.206 e. The molecule has 2 unspecified atom stereocenters. The minimum atomic E-state index is -3.30. The first-order valence-corrected chi connectivity index (χ1v) is 8.65. The number of rotatable bonds is 2. The van der Waals surface area contributed by atoms with Crippen LogP contribution in [-0.2, 0) is 10.0 Å². The Kier molecular flexibility index (Phi) is 3.69. The summed E-state index contributed by atoms with van der Waals surface area (Å²) in [5.41, 5.74) is 0.980. The summed E-state index contributed by atoms with van der Waals surface area (Å²) in [6, 6.07) is 1.86. The topological polar surface area (TPSA) is 37.4 Å². The molecule has 0 spiro atoms. The van der Waals surface area contributed by atoms with Crippen molar-refractivity contribution < 1.29 is 8.42 Å². The fraction of sp³-hybridized carbons (Fsp3) is 0.636. The molecule has 3 nitrogen and oxygen atoms in total. The van der Waals surface area contributed by atoms with Crippen molar-refractivity contribution in [3.8, 4) is 0 Å². The molecule has 1 aliphatic rings. The van der Waals surface area contributed by atoms with Crippen LogP contribution in [0.5, 0.6) is 0 Å². The van der Waals surface area contributed by atoms with E-state index in [1.165, 1.54) is 11.3 Å². The summed E-state index contributed by atoms with van der Waals surface area (Å²) in [7, 11) is -3.30. The monoisotopic (exact) mass is 337 g/mol. The molecular weight excluding hydrogens is 322 g/mol. The van der Waals surface area contributed by atoms with Crippen molar-refractivity contribution in [3.63, 3.8) is 0 Å². The lowest BCUT2D eigenvalue weighted by Crippen LogP contribution is -2.33. The molecule has 2 rings (SSSR count). The van der Waals surface area contributed by atoms with Crippen LogP contribution in [0.25, 0.3) is 0 Å². The van der Waals surface area contributed by atoms with Gasteiger partial charge >= 0.3 is 0 Å².